The van der Waals surface area contributed by atoms with E-state index in [-0.39, 0.29) is 7.92 Å². The summed E-state index contributed by atoms with van der Waals surface area (Å²) in [5, 5.41) is 2.81. The molecule has 0 aliphatic carbocycles. The first-order valence-corrected chi connectivity index (χ1v) is 6.85. The number of hydrogen-bond acceptors (Lipinski definition) is 0. The number of hydrogen-bond donors (Lipinski definition) is 0. The molecule has 2 aromatic rings. The van der Waals surface area contributed by atoms with Crippen LogP contribution in [0.2, 0.25) is 0 Å². The molecule has 1 heteroatoms. The van der Waals surface area contributed by atoms with Crippen molar-refractivity contribution in [2.75, 3.05) is 0 Å². The van der Waals surface area contributed by atoms with E-state index in [4.69, 9.17) is 0 Å². The standard InChI is InChI=1S/C15H15P/c1-2-13-16(14-9-5-3-6-10-14)15-11-7-4-8-12-15/h2-13H,1H3/b13-2+. The van der Waals surface area contributed by atoms with Crippen LogP contribution in [0.1, 0.15) is 6.92 Å². The lowest BCUT2D eigenvalue weighted by Crippen LogP contribution is -2.09. The van der Waals surface area contributed by atoms with Crippen LogP contribution in [-0.4, -0.2) is 0 Å². The maximum Gasteiger partial charge on any atom is -0.0157 e. The van der Waals surface area contributed by atoms with Gasteiger partial charge in [0.15, 0.2) is 0 Å². The highest BCUT2D eigenvalue weighted by atomic mass is 31.1. The fourth-order valence-electron chi connectivity index (χ4n) is 1.65. The number of rotatable bonds is 3. The predicted molar refractivity (Wildman–Crippen MR) is 73.9 cm³/mol. The maximum absolute atomic E-state index is 2.31. The highest BCUT2D eigenvalue weighted by Crippen LogP contribution is 2.34. The highest BCUT2D eigenvalue weighted by molar-refractivity contribution is 7.75. The molecule has 0 saturated carbocycles. The Morgan fingerprint density at radius 2 is 1.19 bits per heavy atom. The van der Waals surface area contributed by atoms with Gasteiger partial charge in [0.2, 0.25) is 0 Å². The Bertz CT molecular complexity index is 406. The third kappa shape index (κ3) is 2.59. The highest BCUT2D eigenvalue weighted by Gasteiger charge is 2.08. The van der Waals surface area contributed by atoms with Crippen molar-refractivity contribution in [3.8, 4) is 0 Å². The van der Waals surface area contributed by atoms with E-state index in [9.17, 15) is 0 Å². The molecule has 16 heavy (non-hydrogen) atoms. The molecule has 0 spiro atoms. The molecular formula is C15H15P. The second kappa shape index (κ2) is 5.63. The molecule has 0 aliphatic heterocycles. The second-order valence-electron chi connectivity index (χ2n) is 3.52. The Hall–Kier alpha value is -1.39. The van der Waals surface area contributed by atoms with Crippen molar-refractivity contribution in [1.82, 2.24) is 0 Å². The molecule has 2 rings (SSSR count). The van der Waals surface area contributed by atoms with Crippen LogP contribution in [0.5, 0.6) is 0 Å². The van der Waals surface area contributed by atoms with Gasteiger partial charge in [0.25, 0.3) is 0 Å². The van der Waals surface area contributed by atoms with Crippen LogP contribution in [0.4, 0.5) is 0 Å². The summed E-state index contributed by atoms with van der Waals surface area (Å²) in [4.78, 5) is 0. The van der Waals surface area contributed by atoms with Crippen molar-refractivity contribution < 1.29 is 0 Å². The van der Waals surface area contributed by atoms with Gasteiger partial charge in [-0.25, -0.2) is 0 Å². The quantitative estimate of drug-likeness (QED) is 0.701. The molecular weight excluding hydrogens is 211 g/mol. The van der Waals surface area contributed by atoms with Gasteiger partial charge in [-0.2, -0.15) is 0 Å². The van der Waals surface area contributed by atoms with Crippen molar-refractivity contribution in [2.45, 2.75) is 6.92 Å². The van der Waals surface area contributed by atoms with E-state index >= 15 is 0 Å². The Morgan fingerprint density at radius 1 is 0.750 bits per heavy atom. The second-order valence-corrected chi connectivity index (χ2v) is 5.59. The first-order chi connectivity index (χ1) is 7.92. The van der Waals surface area contributed by atoms with E-state index in [1.807, 2.05) is 0 Å². The van der Waals surface area contributed by atoms with Gasteiger partial charge in [0.05, 0.1) is 0 Å². The molecule has 80 valence electrons. The van der Waals surface area contributed by atoms with Gasteiger partial charge in [0, 0.05) is 0 Å². The van der Waals surface area contributed by atoms with E-state index in [0.29, 0.717) is 0 Å². The summed E-state index contributed by atoms with van der Waals surface area (Å²) in [6, 6.07) is 21.4. The maximum atomic E-state index is 2.31. The fourth-order valence-corrected chi connectivity index (χ4v) is 3.57. The van der Waals surface area contributed by atoms with Gasteiger partial charge < -0.3 is 0 Å². The van der Waals surface area contributed by atoms with Crippen LogP contribution in [0, 0.1) is 0 Å². The van der Waals surface area contributed by atoms with Gasteiger partial charge in [-0.15, -0.1) is 0 Å². The Balaban J connectivity index is 2.39. The summed E-state index contributed by atoms with van der Waals surface area (Å²) in [5.74, 6) is 2.31. The van der Waals surface area contributed by atoms with Crippen LogP contribution in [0.15, 0.2) is 72.6 Å². The largest absolute Gasteiger partial charge is 0.0866 e. The van der Waals surface area contributed by atoms with Crippen LogP contribution >= 0.6 is 7.92 Å². The van der Waals surface area contributed by atoms with Gasteiger partial charge in [-0.05, 0) is 25.5 Å². The number of allylic oxidation sites excluding steroid dienone is 1. The van der Waals surface area contributed by atoms with Crippen LogP contribution in [0.3, 0.4) is 0 Å². The Labute approximate surface area is 98.4 Å². The van der Waals surface area contributed by atoms with Crippen LogP contribution in [0.25, 0.3) is 0 Å². The summed E-state index contributed by atoms with van der Waals surface area (Å²) in [7, 11) is -0.332. The Kier molecular flexibility index (Phi) is 3.91. The van der Waals surface area contributed by atoms with Gasteiger partial charge in [-0.1, -0.05) is 72.6 Å². The van der Waals surface area contributed by atoms with Gasteiger partial charge in [-0.3, -0.25) is 0 Å². The molecule has 0 heterocycles. The smallest absolute Gasteiger partial charge is 0.0157 e. The predicted octanol–water partition coefficient (Wildman–Crippen LogP) is 3.65. The van der Waals surface area contributed by atoms with Gasteiger partial charge in [0.1, 0.15) is 0 Å². The molecule has 2 aromatic carbocycles. The van der Waals surface area contributed by atoms with E-state index in [0.717, 1.165) is 0 Å². The van der Waals surface area contributed by atoms with Crippen molar-refractivity contribution in [1.29, 1.82) is 0 Å². The van der Waals surface area contributed by atoms with E-state index < -0.39 is 0 Å². The lowest BCUT2D eigenvalue weighted by atomic mass is 10.4. The molecule has 0 aromatic heterocycles. The number of benzene rings is 2. The minimum absolute atomic E-state index is 0.332. The minimum Gasteiger partial charge on any atom is -0.0866 e. The van der Waals surface area contributed by atoms with Gasteiger partial charge >= 0.3 is 0 Å². The molecule has 0 N–H and O–H groups in total. The van der Waals surface area contributed by atoms with E-state index in [1.165, 1.54) is 10.6 Å². The first kappa shape index (κ1) is 11.1. The normalized spacial score (nSPS) is 11.1. The molecule has 0 saturated heterocycles. The van der Waals surface area contributed by atoms with Crippen LogP contribution < -0.4 is 10.6 Å². The van der Waals surface area contributed by atoms with E-state index in [1.54, 1.807) is 0 Å². The summed E-state index contributed by atoms with van der Waals surface area (Å²) in [5.41, 5.74) is 0. The first-order valence-electron chi connectivity index (χ1n) is 5.44. The Morgan fingerprint density at radius 3 is 1.56 bits per heavy atom. The SMILES string of the molecule is C/C=C/P(c1ccccc1)c1ccccc1. The molecule has 0 fully saturated rings. The zero-order valence-electron chi connectivity index (χ0n) is 9.38. The summed E-state index contributed by atoms with van der Waals surface area (Å²) >= 11 is 0. The van der Waals surface area contributed by atoms with Crippen LogP contribution in [-0.2, 0) is 0 Å². The third-order valence-corrected chi connectivity index (χ3v) is 4.67. The lowest BCUT2D eigenvalue weighted by Gasteiger charge is -2.13. The van der Waals surface area contributed by atoms with Crippen molar-refractivity contribution in [2.24, 2.45) is 0 Å². The summed E-state index contributed by atoms with van der Waals surface area (Å²) in [6.07, 6.45) is 2.14. The molecule has 0 radical (unpaired) electrons. The van der Waals surface area contributed by atoms with Crippen molar-refractivity contribution >= 4 is 18.5 Å². The van der Waals surface area contributed by atoms with Crippen molar-refractivity contribution in [3.05, 3.63) is 72.6 Å². The fraction of sp³-hybridized carbons (Fsp3) is 0.0667. The zero-order valence-corrected chi connectivity index (χ0v) is 10.3. The average molecular weight is 226 g/mol. The molecule has 0 amide bonds. The summed E-state index contributed by atoms with van der Waals surface area (Å²) < 4.78 is 0. The van der Waals surface area contributed by atoms with E-state index in [2.05, 4.69) is 79.5 Å². The topological polar surface area (TPSA) is 0 Å². The molecule has 0 atom stereocenters. The third-order valence-electron chi connectivity index (χ3n) is 2.37. The molecule has 0 unspecified atom stereocenters. The molecule has 0 bridgehead atoms. The average Bonchev–Trinajstić information content (AvgIpc) is 2.38. The monoisotopic (exact) mass is 226 g/mol. The minimum atomic E-state index is -0.332. The lowest BCUT2D eigenvalue weighted by molar-refractivity contribution is 1.74. The molecule has 0 nitrogen and oxygen atoms in total. The zero-order chi connectivity index (χ0) is 11.2. The summed E-state index contributed by atoms with van der Waals surface area (Å²) in [6.45, 7) is 2.08. The molecule has 0 aliphatic rings. The van der Waals surface area contributed by atoms with Crippen molar-refractivity contribution in [3.63, 3.8) is 0 Å².